The van der Waals surface area contributed by atoms with Gasteiger partial charge in [-0.25, -0.2) is 9.37 Å². The standard InChI is InChI=1S/C27H22FN3O6/c1-35-19-11-9-15(28)13-16(19)24(32)22-23(14-8-10-20(36-2)21(12-14)37-3)31(26(34)25(22)33)27-29-17-6-4-5-7-18(17)30-27/h4-13,23,32H,1-3H3,(H,29,30)/b24-22+. The first-order valence-electron chi connectivity index (χ1n) is 11.2. The number of carbonyl (C=O) groups excluding carboxylic acids is 2. The van der Waals surface area contributed by atoms with Crippen molar-refractivity contribution in [1.82, 2.24) is 9.97 Å². The number of aromatic nitrogens is 2. The SMILES string of the molecule is COc1ccc(C2/C(=C(\O)c3cc(F)ccc3OC)C(=O)C(=O)N2c2nc3ccccc3[nH]2)cc1OC. The lowest BCUT2D eigenvalue weighted by molar-refractivity contribution is -0.132. The number of fused-ring (bicyclic) bond motifs is 1. The number of benzene rings is 3. The fourth-order valence-electron chi connectivity index (χ4n) is 4.45. The molecule has 1 saturated heterocycles. The summed E-state index contributed by atoms with van der Waals surface area (Å²) in [6.07, 6.45) is 0. The van der Waals surface area contributed by atoms with Crippen molar-refractivity contribution in [3.63, 3.8) is 0 Å². The van der Waals surface area contributed by atoms with Crippen LogP contribution in [0.2, 0.25) is 0 Å². The van der Waals surface area contributed by atoms with Crippen LogP contribution in [-0.2, 0) is 9.59 Å². The number of carbonyl (C=O) groups is 2. The lowest BCUT2D eigenvalue weighted by Gasteiger charge is -2.24. The molecule has 4 aromatic rings. The number of hydrogen-bond donors (Lipinski definition) is 2. The lowest BCUT2D eigenvalue weighted by atomic mass is 9.94. The van der Waals surface area contributed by atoms with Gasteiger partial charge in [0, 0.05) is 0 Å². The van der Waals surface area contributed by atoms with Gasteiger partial charge in [0.2, 0.25) is 5.95 Å². The van der Waals surface area contributed by atoms with Gasteiger partial charge in [0.1, 0.15) is 17.3 Å². The molecule has 1 unspecified atom stereocenters. The number of nitrogens with zero attached hydrogens (tertiary/aromatic N) is 2. The van der Waals surface area contributed by atoms with E-state index in [-0.39, 0.29) is 22.8 Å². The van der Waals surface area contributed by atoms with Crippen LogP contribution in [0.1, 0.15) is 17.2 Å². The summed E-state index contributed by atoms with van der Waals surface area (Å²) in [7, 11) is 4.28. The number of aliphatic hydroxyl groups is 1. The number of aliphatic hydroxyl groups excluding tert-OH is 1. The van der Waals surface area contributed by atoms with Crippen molar-refractivity contribution in [3.05, 3.63) is 83.2 Å². The highest BCUT2D eigenvalue weighted by atomic mass is 19.1. The molecule has 2 heterocycles. The van der Waals surface area contributed by atoms with Gasteiger partial charge >= 0.3 is 5.91 Å². The van der Waals surface area contributed by atoms with Gasteiger partial charge < -0.3 is 24.3 Å². The Morgan fingerprint density at radius 1 is 0.946 bits per heavy atom. The normalized spacial score (nSPS) is 16.9. The maximum Gasteiger partial charge on any atom is 0.302 e. The Morgan fingerprint density at radius 3 is 2.35 bits per heavy atom. The van der Waals surface area contributed by atoms with E-state index in [1.54, 1.807) is 42.5 Å². The van der Waals surface area contributed by atoms with Crippen molar-refractivity contribution >= 4 is 34.4 Å². The number of nitrogens with one attached hydrogen (secondary N) is 1. The number of rotatable bonds is 6. The van der Waals surface area contributed by atoms with E-state index in [9.17, 15) is 19.1 Å². The maximum absolute atomic E-state index is 14.2. The first-order chi connectivity index (χ1) is 17.9. The molecule has 1 aliphatic heterocycles. The van der Waals surface area contributed by atoms with Gasteiger partial charge in [-0.15, -0.1) is 0 Å². The molecule has 1 aliphatic rings. The second-order valence-electron chi connectivity index (χ2n) is 8.21. The molecule has 3 aromatic carbocycles. The molecule has 10 heteroatoms. The number of ether oxygens (including phenoxy) is 3. The van der Waals surface area contributed by atoms with Gasteiger partial charge in [0.05, 0.1) is 49.5 Å². The van der Waals surface area contributed by atoms with Crippen molar-refractivity contribution in [2.24, 2.45) is 0 Å². The fraction of sp³-hybridized carbons (Fsp3) is 0.148. The van der Waals surface area contributed by atoms with Crippen molar-refractivity contribution in [2.45, 2.75) is 6.04 Å². The number of methoxy groups -OCH3 is 3. The summed E-state index contributed by atoms with van der Waals surface area (Å²) in [6.45, 7) is 0. The average Bonchev–Trinajstić information content (AvgIpc) is 3.46. The number of ketones is 1. The third-order valence-corrected chi connectivity index (χ3v) is 6.19. The number of imidazole rings is 1. The number of H-pyrrole nitrogens is 1. The smallest absolute Gasteiger partial charge is 0.302 e. The number of aromatic amines is 1. The Bertz CT molecular complexity index is 1540. The van der Waals surface area contributed by atoms with E-state index in [1.165, 1.54) is 32.3 Å². The minimum absolute atomic E-state index is 0.0735. The van der Waals surface area contributed by atoms with E-state index < -0.39 is 29.3 Å². The summed E-state index contributed by atoms with van der Waals surface area (Å²) >= 11 is 0. The summed E-state index contributed by atoms with van der Waals surface area (Å²) in [5.41, 5.74) is 1.32. The molecule has 2 N–H and O–H groups in total. The second kappa shape index (κ2) is 9.30. The molecule has 1 amide bonds. The molecule has 0 saturated carbocycles. The molecule has 0 aliphatic carbocycles. The molecule has 1 aromatic heterocycles. The monoisotopic (exact) mass is 503 g/mol. The number of hydrogen-bond acceptors (Lipinski definition) is 7. The highest BCUT2D eigenvalue weighted by molar-refractivity contribution is 6.51. The molecule has 1 fully saturated rings. The summed E-state index contributed by atoms with van der Waals surface area (Å²) < 4.78 is 30.2. The number of para-hydroxylation sites is 2. The van der Waals surface area contributed by atoms with E-state index in [0.29, 0.717) is 28.1 Å². The van der Waals surface area contributed by atoms with Gasteiger partial charge in [-0.1, -0.05) is 18.2 Å². The number of halogens is 1. The molecular formula is C27H22FN3O6. The Labute approximate surface area is 210 Å². The largest absolute Gasteiger partial charge is 0.507 e. The Balaban J connectivity index is 1.78. The van der Waals surface area contributed by atoms with Crippen LogP contribution in [0.3, 0.4) is 0 Å². The van der Waals surface area contributed by atoms with Gasteiger partial charge in [-0.05, 0) is 48.0 Å². The average molecular weight is 503 g/mol. The Morgan fingerprint density at radius 2 is 1.65 bits per heavy atom. The summed E-state index contributed by atoms with van der Waals surface area (Å²) in [4.78, 5) is 35.6. The van der Waals surface area contributed by atoms with Crippen LogP contribution in [0.5, 0.6) is 17.2 Å². The molecule has 9 nitrogen and oxygen atoms in total. The second-order valence-corrected chi connectivity index (χ2v) is 8.21. The van der Waals surface area contributed by atoms with Crippen LogP contribution in [-0.4, -0.2) is 48.1 Å². The van der Waals surface area contributed by atoms with E-state index in [1.807, 2.05) is 0 Å². The van der Waals surface area contributed by atoms with Crippen LogP contribution in [0.15, 0.2) is 66.2 Å². The Hall–Kier alpha value is -4.86. The molecule has 1 atom stereocenters. The van der Waals surface area contributed by atoms with E-state index in [2.05, 4.69) is 9.97 Å². The van der Waals surface area contributed by atoms with Crippen LogP contribution < -0.4 is 19.1 Å². The summed E-state index contributed by atoms with van der Waals surface area (Å²) in [5, 5.41) is 11.4. The molecule has 37 heavy (non-hydrogen) atoms. The maximum atomic E-state index is 14.2. The number of Topliss-reactive ketones (excluding diaryl/α,β-unsaturated/α-hetero) is 1. The van der Waals surface area contributed by atoms with Gasteiger partial charge in [0.15, 0.2) is 11.5 Å². The van der Waals surface area contributed by atoms with Crippen LogP contribution in [0.25, 0.3) is 16.8 Å². The zero-order valence-electron chi connectivity index (χ0n) is 20.1. The predicted octanol–water partition coefficient (Wildman–Crippen LogP) is 4.35. The predicted molar refractivity (Wildman–Crippen MR) is 133 cm³/mol. The highest BCUT2D eigenvalue weighted by Gasteiger charge is 2.48. The number of anilines is 1. The fourth-order valence-corrected chi connectivity index (χ4v) is 4.45. The van der Waals surface area contributed by atoms with Gasteiger partial charge in [-0.3, -0.25) is 14.5 Å². The molecule has 0 radical (unpaired) electrons. The highest BCUT2D eigenvalue weighted by Crippen LogP contribution is 2.44. The molecular weight excluding hydrogens is 481 g/mol. The van der Waals surface area contributed by atoms with Crippen LogP contribution in [0, 0.1) is 5.82 Å². The van der Waals surface area contributed by atoms with Crippen molar-refractivity contribution in [3.8, 4) is 17.2 Å². The minimum atomic E-state index is -1.13. The van der Waals surface area contributed by atoms with Crippen LogP contribution in [0.4, 0.5) is 10.3 Å². The topological polar surface area (TPSA) is 114 Å². The molecule has 188 valence electrons. The quantitative estimate of drug-likeness (QED) is 0.228. The first-order valence-corrected chi connectivity index (χ1v) is 11.2. The molecule has 0 bridgehead atoms. The molecule has 5 rings (SSSR count). The van der Waals surface area contributed by atoms with E-state index in [4.69, 9.17) is 14.2 Å². The zero-order chi connectivity index (χ0) is 26.3. The van der Waals surface area contributed by atoms with Crippen molar-refractivity contribution in [2.75, 3.05) is 26.2 Å². The third kappa shape index (κ3) is 3.92. The first kappa shape index (κ1) is 23.9. The minimum Gasteiger partial charge on any atom is -0.507 e. The van der Waals surface area contributed by atoms with E-state index >= 15 is 0 Å². The third-order valence-electron chi connectivity index (χ3n) is 6.19. The summed E-state index contributed by atoms with van der Waals surface area (Å²) in [5.74, 6) is -2.13. The van der Waals surface area contributed by atoms with Gasteiger partial charge in [0.25, 0.3) is 5.78 Å². The van der Waals surface area contributed by atoms with Crippen LogP contribution >= 0.6 is 0 Å². The van der Waals surface area contributed by atoms with Crippen molar-refractivity contribution < 1.29 is 33.3 Å². The van der Waals surface area contributed by atoms with E-state index in [0.717, 1.165) is 12.1 Å². The molecule has 0 spiro atoms. The van der Waals surface area contributed by atoms with Crippen molar-refractivity contribution in [1.29, 1.82) is 0 Å². The lowest BCUT2D eigenvalue weighted by Crippen LogP contribution is -2.30. The summed E-state index contributed by atoms with van der Waals surface area (Å²) in [6, 6.07) is 14.4. The zero-order valence-corrected chi connectivity index (χ0v) is 20.1. The Kier molecular flexibility index (Phi) is 6.00. The number of amides is 1. The van der Waals surface area contributed by atoms with Gasteiger partial charge in [-0.2, -0.15) is 0 Å².